The molecule has 16 heteroatoms. The fourth-order valence-corrected chi connectivity index (χ4v) is 6.02. The maximum atomic E-state index is 12.8. The van der Waals surface area contributed by atoms with E-state index in [1.54, 1.807) is 32.9 Å². The molecule has 0 saturated carbocycles. The lowest BCUT2D eigenvalue weighted by Gasteiger charge is -2.21. The fourth-order valence-electron chi connectivity index (χ4n) is 3.79. The number of rotatable bonds is 14. The van der Waals surface area contributed by atoms with Crippen LogP contribution in [0.4, 0.5) is 9.59 Å². The van der Waals surface area contributed by atoms with Crippen molar-refractivity contribution in [3.8, 4) is 11.1 Å². The second kappa shape index (κ2) is 15.7. The van der Waals surface area contributed by atoms with Gasteiger partial charge in [0.05, 0.1) is 9.79 Å². The number of hydrogen-bond donors (Lipinski definition) is 5. The summed E-state index contributed by atoms with van der Waals surface area (Å²) in [5.74, 6) is -1.50. The van der Waals surface area contributed by atoms with Gasteiger partial charge >= 0.3 is 18.2 Å². The Hall–Kier alpha value is -4.51. The number of carbonyl (C=O) groups excluding carboxylic acids is 2. The minimum Gasteiger partial charge on any atom is -0.480 e. The summed E-state index contributed by atoms with van der Waals surface area (Å²) in [6.45, 7) is 4.33. The quantitative estimate of drug-likeness (QED) is 0.158. The Bertz CT molecular complexity index is 1710. The molecular weight excluding hydrogens is 640 g/mol. The van der Waals surface area contributed by atoms with Crippen LogP contribution in [0.3, 0.4) is 0 Å². The van der Waals surface area contributed by atoms with Crippen LogP contribution in [0.5, 0.6) is 0 Å². The van der Waals surface area contributed by atoms with Gasteiger partial charge < -0.3 is 25.2 Å². The predicted molar refractivity (Wildman–Crippen MR) is 168 cm³/mol. The number of nitrogens with one attached hydrogen (secondary N) is 4. The average Bonchev–Trinajstić information content (AvgIpc) is 3.00. The number of alkyl carbamates (subject to hydrolysis) is 2. The summed E-state index contributed by atoms with van der Waals surface area (Å²) in [5.41, 5.74) is 1.14. The molecule has 5 N–H and O–H groups in total. The summed E-state index contributed by atoms with van der Waals surface area (Å²) in [4.78, 5) is 35.1. The molecule has 0 heterocycles. The molecule has 0 aliphatic heterocycles. The molecule has 0 radical (unpaired) electrons. The molecule has 3 aromatic rings. The zero-order chi connectivity index (χ0) is 34.0. The number of carbonyl (C=O) groups is 3. The molecule has 0 aliphatic carbocycles. The van der Waals surface area contributed by atoms with Crippen molar-refractivity contribution in [1.29, 1.82) is 0 Å². The number of aliphatic carboxylic acids is 1. The van der Waals surface area contributed by atoms with E-state index in [0.29, 0.717) is 11.1 Å². The molecule has 0 aromatic heterocycles. The second-order valence-corrected chi connectivity index (χ2v) is 14.3. The SMILES string of the molecule is CC(C)(C)OC(=O)NCC(NS(=O)(=O)c1ccc(-c2ccc(S(=O)(=O)NCCNC(=O)OCc3ccccc3)cc2)cc1)C(=O)O. The average molecular weight is 677 g/mol. The first-order valence-electron chi connectivity index (χ1n) is 13.9. The maximum Gasteiger partial charge on any atom is 0.407 e. The first-order chi connectivity index (χ1) is 21.6. The number of ether oxygens (including phenoxy) is 2. The lowest BCUT2D eigenvalue weighted by molar-refractivity contribution is -0.138. The molecule has 3 rings (SSSR count). The van der Waals surface area contributed by atoms with Gasteiger partial charge in [-0.05, 0) is 61.7 Å². The summed E-state index contributed by atoms with van der Waals surface area (Å²) in [6.07, 6.45) is -1.58. The van der Waals surface area contributed by atoms with Crippen molar-refractivity contribution >= 4 is 38.2 Å². The van der Waals surface area contributed by atoms with Crippen molar-refractivity contribution in [1.82, 2.24) is 20.1 Å². The fraction of sp³-hybridized carbons (Fsp3) is 0.300. The van der Waals surface area contributed by atoms with E-state index in [2.05, 4.69) is 15.4 Å². The third kappa shape index (κ3) is 11.4. The van der Waals surface area contributed by atoms with Gasteiger partial charge in [-0.15, -0.1) is 0 Å². The van der Waals surface area contributed by atoms with Crippen molar-refractivity contribution in [3.05, 3.63) is 84.4 Å². The molecule has 0 bridgehead atoms. The summed E-state index contributed by atoms with van der Waals surface area (Å²) in [6, 6.07) is 18.7. The first kappa shape index (κ1) is 36.0. The Morgan fingerprint density at radius 2 is 1.28 bits per heavy atom. The second-order valence-electron chi connectivity index (χ2n) is 10.8. The molecule has 1 atom stereocenters. The lowest BCUT2D eigenvalue weighted by atomic mass is 10.1. The molecule has 46 heavy (non-hydrogen) atoms. The van der Waals surface area contributed by atoms with Gasteiger partial charge in [-0.1, -0.05) is 54.6 Å². The van der Waals surface area contributed by atoms with E-state index in [1.165, 1.54) is 48.5 Å². The molecule has 0 saturated heterocycles. The van der Waals surface area contributed by atoms with Gasteiger partial charge in [-0.3, -0.25) is 4.79 Å². The summed E-state index contributed by atoms with van der Waals surface area (Å²) >= 11 is 0. The number of benzene rings is 3. The lowest BCUT2D eigenvalue weighted by Crippen LogP contribution is -2.49. The minimum atomic E-state index is -4.29. The highest BCUT2D eigenvalue weighted by Crippen LogP contribution is 2.23. The van der Waals surface area contributed by atoms with Gasteiger partial charge in [0.2, 0.25) is 20.0 Å². The van der Waals surface area contributed by atoms with Crippen LogP contribution >= 0.6 is 0 Å². The van der Waals surface area contributed by atoms with Gasteiger partial charge in [0.25, 0.3) is 0 Å². The van der Waals surface area contributed by atoms with E-state index in [1.807, 2.05) is 22.9 Å². The highest BCUT2D eigenvalue weighted by molar-refractivity contribution is 7.89. The van der Waals surface area contributed by atoms with Crippen molar-refractivity contribution in [2.24, 2.45) is 0 Å². The smallest absolute Gasteiger partial charge is 0.407 e. The number of amides is 2. The molecule has 0 aliphatic rings. The minimum absolute atomic E-state index is 0.00250. The van der Waals surface area contributed by atoms with E-state index in [4.69, 9.17) is 9.47 Å². The van der Waals surface area contributed by atoms with E-state index in [-0.39, 0.29) is 29.5 Å². The topological polar surface area (TPSA) is 206 Å². The molecular formula is C30H36N4O10S2. The van der Waals surface area contributed by atoms with Gasteiger partial charge in [-0.25, -0.2) is 31.1 Å². The van der Waals surface area contributed by atoms with Crippen LogP contribution in [0.2, 0.25) is 0 Å². The van der Waals surface area contributed by atoms with Crippen molar-refractivity contribution in [2.45, 2.75) is 48.8 Å². The van der Waals surface area contributed by atoms with E-state index in [9.17, 15) is 36.3 Å². The van der Waals surface area contributed by atoms with Gasteiger partial charge in [0.15, 0.2) is 0 Å². The van der Waals surface area contributed by atoms with Crippen LogP contribution in [-0.4, -0.2) is 71.4 Å². The third-order valence-corrected chi connectivity index (χ3v) is 8.97. The summed E-state index contributed by atoms with van der Waals surface area (Å²) in [7, 11) is -8.18. The molecule has 3 aromatic carbocycles. The van der Waals surface area contributed by atoms with Crippen LogP contribution in [0.1, 0.15) is 26.3 Å². The number of carboxylic acid groups (broad SMARTS) is 1. The van der Waals surface area contributed by atoms with Crippen LogP contribution in [0, 0.1) is 0 Å². The van der Waals surface area contributed by atoms with Gasteiger partial charge in [-0.2, -0.15) is 4.72 Å². The zero-order valence-electron chi connectivity index (χ0n) is 25.3. The summed E-state index contributed by atoms with van der Waals surface area (Å²) < 4.78 is 65.6. The Balaban J connectivity index is 1.53. The number of sulfonamides is 2. The van der Waals surface area contributed by atoms with Gasteiger partial charge in [0.1, 0.15) is 18.2 Å². The molecule has 1 unspecified atom stereocenters. The number of carboxylic acids is 1. The van der Waals surface area contributed by atoms with Crippen molar-refractivity contribution in [3.63, 3.8) is 0 Å². The Morgan fingerprint density at radius 1 is 0.739 bits per heavy atom. The Morgan fingerprint density at radius 3 is 1.80 bits per heavy atom. The van der Waals surface area contributed by atoms with Crippen LogP contribution in [0.15, 0.2) is 88.7 Å². The Kier molecular flexibility index (Phi) is 12.2. The molecule has 0 fully saturated rings. The normalized spacial score (nSPS) is 12.5. The summed E-state index contributed by atoms with van der Waals surface area (Å²) in [5, 5.41) is 14.2. The van der Waals surface area contributed by atoms with Crippen LogP contribution in [-0.2, 0) is 40.9 Å². The first-order valence-corrected chi connectivity index (χ1v) is 16.9. The van der Waals surface area contributed by atoms with E-state index in [0.717, 1.165) is 5.56 Å². The van der Waals surface area contributed by atoms with Gasteiger partial charge in [0, 0.05) is 19.6 Å². The standard InChI is InChI=1S/C30H36N4O10S2/c1-30(2,3)44-29(38)32-19-26(27(35)36)34-46(41,42)25-15-11-23(12-16-25)22-9-13-24(14-10-22)45(39,40)33-18-17-31-28(37)43-20-21-7-5-4-6-8-21/h4-16,26,33-34H,17-20H2,1-3H3,(H,31,37)(H,32,38)(H,35,36). The highest BCUT2D eigenvalue weighted by atomic mass is 32.2. The van der Waals surface area contributed by atoms with Crippen molar-refractivity contribution < 1.29 is 45.8 Å². The maximum absolute atomic E-state index is 12.8. The monoisotopic (exact) mass is 676 g/mol. The number of hydrogen-bond acceptors (Lipinski definition) is 9. The van der Waals surface area contributed by atoms with E-state index >= 15 is 0 Å². The highest BCUT2D eigenvalue weighted by Gasteiger charge is 2.27. The third-order valence-electron chi connectivity index (χ3n) is 6.01. The zero-order valence-corrected chi connectivity index (χ0v) is 27.0. The molecule has 2 amide bonds. The van der Waals surface area contributed by atoms with Crippen molar-refractivity contribution in [2.75, 3.05) is 19.6 Å². The largest absolute Gasteiger partial charge is 0.480 e. The predicted octanol–water partition coefficient (Wildman–Crippen LogP) is 2.81. The van der Waals surface area contributed by atoms with Crippen LogP contribution in [0.25, 0.3) is 11.1 Å². The molecule has 14 nitrogen and oxygen atoms in total. The van der Waals surface area contributed by atoms with E-state index < -0.39 is 56.4 Å². The Labute approximate surface area is 267 Å². The van der Waals surface area contributed by atoms with Crippen LogP contribution < -0.4 is 20.1 Å². The molecule has 0 spiro atoms. The molecule has 248 valence electrons.